The van der Waals surface area contributed by atoms with E-state index in [1.165, 1.54) is 0 Å². The summed E-state index contributed by atoms with van der Waals surface area (Å²) in [6, 6.07) is 5.51. The third-order valence-electron chi connectivity index (χ3n) is 3.02. The molecule has 20 heavy (non-hydrogen) atoms. The highest BCUT2D eigenvalue weighted by molar-refractivity contribution is 7.99. The van der Waals surface area contributed by atoms with Gasteiger partial charge in [-0.2, -0.15) is 0 Å². The predicted molar refractivity (Wildman–Crippen MR) is 86.1 cm³/mol. The molecule has 2 N–H and O–H groups in total. The maximum Gasteiger partial charge on any atom is 0.323 e. The standard InChI is InChI=1S/C14H19Cl2NO2S/c1-3-17-14(2,13(18)19)7-4-8-20-10-5-6-11(15)12(16)9-10/h5-6,9,17H,3-4,7-8H2,1-2H3,(H,18,19). The van der Waals surface area contributed by atoms with Crippen molar-refractivity contribution in [2.45, 2.75) is 37.1 Å². The number of thioether (sulfide) groups is 1. The molecule has 1 rings (SSSR count). The van der Waals surface area contributed by atoms with Gasteiger partial charge in [0.2, 0.25) is 0 Å². The molecule has 0 aliphatic rings. The summed E-state index contributed by atoms with van der Waals surface area (Å²) in [4.78, 5) is 12.3. The van der Waals surface area contributed by atoms with E-state index in [1.54, 1.807) is 24.8 Å². The Balaban J connectivity index is 2.44. The van der Waals surface area contributed by atoms with Crippen LogP contribution in [0.3, 0.4) is 0 Å². The molecular formula is C14H19Cl2NO2S. The quantitative estimate of drug-likeness (QED) is 0.548. The zero-order chi connectivity index (χ0) is 15.2. The molecule has 1 aromatic carbocycles. The number of halogens is 2. The molecule has 0 spiro atoms. The highest BCUT2D eigenvalue weighted by Crippen LogP contribution is 2.28. The fraction of sp³-hybridized carbons (Fsp3) is 0.500. The molecule has 0 heterocycles. The topological polar surface area (TPSA) is 49.3 Å². The van der Waals surface area contributed by atoms with Crippen LogP contribution in [-0.4, -0.2) is 28.9 Å². The Morgan fingerprint density at radius 2 is 2.10 bits per heavy atom. The third kappa shape index (κ3) is 5.17. The number of rotatable bonds is 8. The molecule has 0 aliphatic heterocycles. The van der Waals surface area contributed by atoms with E-state index in [0.717, 1.165) is 17.1 Å². The number of carboxylic acid groups (broad SMARTS) is 1. The highest BCUT2D eigenvalue weighted by atomic mass is 35.5. The maximum atomic E-state index is 11.3. The van der Waals surface area contributed by atoms with Crippen molar-refractivity contribution >= 4 is 40.9 Å². The number of hydrogen-bond acceptors (Lipinski definition) is 3. The first kappa shape index (κ1) is 17.6. The van der Waals surface area contributed by atoms with Crippen molar-refractivity contribution < 1.29 is 9.90 Å². The molecule has 0 aromatic heterocycles. The van der Waals surface area contributed by atoms with Gasteiger partial charge in [-0.25, -0.2) is 0 Å². The number of likely N-dealkylation sites (N-methyl/N-ethyl adjacent to an activating group) is 1. The number of carbonyl (C=O) groups is 1. The number of aliphatic carboxylic acids is 1. The molecule has 1 aromatic rings. The number of benzene rings is 1. The fourth-order valence-electron chi connectivity index (χ4n) is 1.84. The van der Waals surface area contributed by atoms with Gasteiger partial charge in [-0.3, -0.25) is 4.79 Å². The first-order valence-corrected chi connectivity index (χ1v) is 8.19. The van der Waals surface area contributed by atoms with Gasteiger partial charge in [-0.1, -0.05) is 30.1 Å². The number of nitrogens with one attached hydrogen (secondary N) is 1. The minimum atomic E-state index is -0.854. The van der Waals surface area contributed by atoms with E-state index in [-0.39, 0.29) is 0 Å². The SMILES string of the molecule is CCNC(C)(CCCSc1ccc(Cl)c(Cl)c1)C(=O)O. The van der Waals surface area contributed by atoms with Crippen LogP contribution in [0.2, 0.25) is 10.0 Å². The Kier molecular flexibility index (Phi) is 7.17. The highest BCUT2D eigenvalue weighted by Gasteiger charge is 2.30. The molecule has 0 saturated heterocycles. The molecule has 0 saturated carbocycles. The van der Waals surface area contributed by atoms with Gasteiger partial charge in [0.1, 0.15) is 5.54 Å². The van der Waals surface area contributed by atoms with Crippen LogP contribution in [0.15, 0.2) is 23.1 Å². The lowest BCUT2D eigenvalue weighted by Crippen LogP contribution is -2.49. The van der Waals surface area contributed by atoms with Crippen molar-refractivity contribution in [1.29, 1.82) is 0 Å². The van der Waals surface area contributed by atoms with Crippen LogP contribution >= 0.6 is 35.0 Å². The van der Waals surface area contributed by atoms with Gasteiger partial charge in [0.15, 0.2) is 0 Å². The molecular weight excluding hydrogens is 317 g/mol. The minimum Gasteiger partial charge on any atom is -0.480 e. The van der Waals surface area contributed by atoms with E-state index in [2.05, 4.69) is 5.32 Å². The summed E-state index contributed by atoms with van der Waals surface area (Å²) >= 11 is 13.5. The zero-order valence-electron chi connectivity index (χ0n) is 11.6. The summed E-state index contributed by atoms with van der Waals surface area (Å²) in [5.74, 6) is 0.0329. The summed E-state index contributed by atoms with van der Waals surface area (Å²) in [5, 5.41) is 13.4. The van der Waals surface area contributed by atoms with Gasteiger partial charge >= 0.3 is 5.97 Å². The molecule has 0 aliphatic carbocycles. The Labute approximate surface area is 134 Å². The van der Waals surface area contributed by atoms with Crippen molar-refractivity contribution in [3.05, 3.63) is 28.2 Å². The van der Waals surface area contributed by atoms with E-state index in [1.807, 2.05) is 19.1 Å². The molecule has 3 nitrogen and oxygen atoms in total. The average Bonchev–Trinajstić information content (AvgIpc) is 2.39. The maximum absolute atomic E-state index is 11.3. The van der Waals surface area contributed by atoms with Gasteiger partial charge in [0.25, 0.3) is 0 Å². The summed E-state index contributed by atoms with van der Waals surface area (Å²) in [6.45, 7) is 4.27. The van der Waals surface area contributed by atoms with Gasteiger partial charge in [-0.15, -0.1) is 11.8 Å². The molecule has 6 heteroatoms. The van der Waals surface area contributed by atoms with Gasteiger partial charge < -0.3 is 10.4 Å². The van der Waals surface area contributed by atoms with Crippen molar-refractivity contribution in [2.75, 3.05) is 12.3 Å². The Morgan fingerprint density at radius 3 is 2.65 bits per heavy atom. The van der Waals surface area contributed by atoms with Crippen LogP contribution in [-0.2, 0) is 4.79 Å². The largest absolute Gasteiger partial charge is 0.480 e. The Hall–Kier alpha value is -0.420. The van der Waals surface area contributed by atoms with E-state index < -0.39 is 11.5 Å². The van der Waals surface area contributed by atoms with E-state index in [9.17, 15) is 9.90 Å². The zero-order valence-corrected chi connectivity index (χ0v) is 13.9. The van der Waals surface area contributed by atoms with Crippen molar-refractivity contribution in [1.82, 2.24) is 5.32 Å². The molecule has 0 bridgehead atoms. The molecule has 0 fully saturated rings. The van der Waals surface area contributed by atoms with Crippen LogP contribution < -0.4 is 5.32 Å². The average molecular weight is 336 g/mol. The van der Waals surface area contributed by atoms with Crippen molar-refractivity contribution in [2.24, 2.45) is 0 Å². The van der Waals surface area contributed by atoms with Crippen LogP contribution in [0.25, 0.3) is 0 Å². The Morgan fingerprint density at radius 1 is 1.40 bits per heavy atom. The predicted octanol–water partition coefficient (Wildman–Crippen LogP) is 4.32. The molecule has 0 amide bonds. The minimum absolute atomic E-state index is 0.541. The number of hydrogen-bond donors (Lipinski definition) is 2. The molecule has 1 unspecified atom stereocenters. The molecule has 112 valence electrons. The number of carboxylic acids is 1. The van der Waals surface area contributed by atoms with Crippen molar-refractivity contribution in [3.63, 3.8) is 0 Å². The fourth-order valence-corrected chi connectivity index (χ4v) is 3.10. The monoisotopic (exact) mass is 335 g/mol. The summed E-state index contributed by atoms with van der Waals surface area (Å²) in [6.07, 6.45) is 1.39. The first-order valence-electron chi connectivity index (χ1n) is 6.45. The van der Waals surface area contributed by atoms with E-state index >= 15 is 0 Å². The second-order valence-corrected chi connectivity index (χ2v) is 6.68. The second kappa shape index (κ2) is 8.13. The smallest absolute Gasteiger partial charge is 0.323 e. The first-order chi connectivity index (χ1) is 9.39. The van der Waals surface area contributed by atoms with Gasteiger partial charge in [0.05, 0.1) is 10.0 Å². The van der Waals surface area contributed by atoms with Gasteiger partial charge in [-0.05, 0) is 50.3 Å². The Bertz CT molecular complexity index is 470. The molecule has 1 atom stereocenters. The van der Waals surface area contributed by atoms with Crippen LogP contribution in [0.5, 0.6) is 0 Å². The van der Waals surface area contributed by atoms with Crippen LogP contribution in [0, 0.1) is 0 Å². The van der Waals surface area contributed by atoms with Gasteiger partial charge in [0, 0.05) is 4.90 Å². The lowest BCUT2D eigenvalue weighted by atomic mass is 9.96. The summed E-state index contributed by atoms with van der Waals surface area (Å²) < 4.78 is 0. The lowest BCUT2D eigenvalue weighted by molar-refractivity contribution is -0.144. The summed E-state index contributed by atoms with van der Waals surface area (Å²) in [5.41, 5.74) is -0.854. The normalized spacial score (nSPS) is 14.0. The van der Waals surface area contributed by atoms with Crippen molar-refractivity contribution in [3.8, 4) is 0 Å². The van der Waals surface area contributed by atoms with E-state index in [0.29, 0.717) is 23.0 Å². The van der Waals surface area contributed by atoms with E-state index in [4.69, 9.17) is 23.2 Å². The molecule has 0 radical (unpaired) electrons. The summed E-state index contributed by atoms with van der Waals surface area (Å²) in [7, 11) is 0. The van der Waals surface area contributed by atoms with Crippen LogP contribution in [0.1, 0.15) is 26.7 Å². The lowest BCUT2D eigenvalue weighted by Gasteiger charge is -2.25. The third-order valence-corrected chi connectivity index (χ3v) is 4.84. The van der Waals surface area contributed by atoms with Crippen LogP contribution in [0.4, 0.5) is 0 Å². The second-order valence-electron chi connectivity index (χ2n) is 4.70.